The summed E-state index contributed by atoms with van der Waals surface area (Å²) < 4.78 is 0.810. The smallest absolute Gasteiger partial charge is 0.299 e. The first kappa shape index (κ1) is 12.4. The van der Waals surface area contributed by atoms with Crippen LogP contribution in [-0.4, -0.2) is 23.6 Å². The highest BCUT2D eigenvalue weighted by molar-refractivity contribution is 9.10. The fourth-order valence-electron chi connectivity index (χ4n) is 2.31. The second kappa shape index (κ2) is 4.17. The van der Waals surface area contributed by atoms with Crippen molar-refractivity contribution < 1.29 is 9.59 Å². The lowest BCUT2D eigenvalue weighted by Crippen LogP contribution is -2.35. The molecule has 1 amide bonds. The Morgan fingerprint density at radius 1 is 1.28 bits per heavy atom. The lowest BCUT2D eigenvalue weighted by atomic mass is 10.1. The van der Waals surface area contributed by atoms with E-state index in [2.05, 4.69) is 31.9 Å². The Hall–Kier alpha value is -0.680. The molecule has 1 heterocycles. The molecule has 1 aliphatic carbocycles. The predicted molar refractivity (Wildman–Crippen MR) is 76.3 cm³/mol. The Labute approximate surface area is 122 Å². The second-order valence-corrected chi connectivity index (χ2v) is 6.41. The summed E-state index contributed by atoms with van der Waals surface area (Å²) in [5.41, 5.74) is 1.41. The molecule has 0 bridgehead atoms. The van der Waals surface area contributed by atoms with Crippen molar-refractivity contribution in [1.82, 2.24) is 0 Å². The van der Waals surface area contributed by atoms with E-state index in [1.807, 2.05) is 6.07 Å². The van der Waals surface area contributed by atoms with Gasteiger partial charge in [0.15, 0.2) is 0 Å². The van der Waals surface area contributed by atoms with Crippen molar-refractivity contribution in [3.8, 4) is 0 Å². The third-order valence-corrected chi connectivity index (χ3v) is 5.50. The van der Waals surface area contributed by atoms with Crippen molar-refractivity contribution in [3.63, 3.8) is 0 Å². The van der Waals surface area contributed by atoms with Crippen molar-refractivity contribution in [2.24, 2.45) is 5.41 Å². The van der Waals surface area contributed by atoms with Crippen LogP contribution in [0, 0.1) is 5.41 Å². The van der Waals surface area contributed by atoms with Crippen molar-refractivity contribution in [1.29, 1.82) is 0 Å². The van der Waals surface area contributed by atoms with Gasteiger partial charge < -0.3 is 4.90 Å². The minimum Gasteiger partial charge on any atom is -0.303 e. The van der Waals surface area contributed by atoms with Gasteiger partial charge in [-0.15, -0.1) is 0 Å². The highest BCUT2D eigenvalue weighted by atomic mass is 79.9. The lowest BCUT2D eigenvalue weighted by molar-refractivity contribution is -0.114. The summed E-state index contributed by atoms with van der Waals surface area (Å²) in [5, 5.41) is 0.873. The zero-order chi connectivity index (χ0) is 12.9. The van der Waals surface area contributed by atoms with E-state index in [1.54, 1.807) is 17.0 Å². The van der Waals surface area contributed by atoms with Crippen LogP contribution in [0.1, 0.15) is 23.2 Å². The Kier molecular flexibility index (Phi) is 2.86. The van der Waals surface area contributed by atoms with Gasteiger partial charge in [-0.1, -0.05) is 22.0 Å². The summed E-state index contributed by atoms with van der Waals surface area (Å²) in [4.78, 5) is 25.6. The molecule has 0 unspecified atom stereocenters. The predicted octanol–water partition coefficient (Wildman–Crippen LogP) is 3.15. The molecule has 2 aliphatic rings. The van der Waals surface area contributed by atoms with Gasteiger partial charge in [-0.3, -0.25) is 9.59 Å². The van der Waals surface area contributed by atoms with Crippen LogP contribution in [0.25, 0.3) is 0 Å². The summed E-state index contributed by atoms with van der Waals surface area (Å²) in [5.74, 6) is -0.791. The van der Waals surface area contributed by atoms with Crippen LogP contribution < -0.4 is 4.90 Å². The fourth-order valence-corrected chi connectivity index (χ4v) is 3.63. The number of hydrogen-bond donors (Lipinski definition) is 0. The van der Waals surface area contributed by atoms with E-state index >= 15 is 0 Å². The monoisotopic (exact) mass is 371 g/mol. The molecular formula is C13H11Br2NO2. The van der Waals surface area contributed by atoms with Crippen LogP contribution in [-0.2, 0) is 4.79 Å². The highest BCUT2D eigenvalue weighted by Crippen LogP contribution is 2.49. The number of halogens is 2. The molecular weight excluding hydrogens is 362 g/mol. The number of ketones is 1. The Bertz CT molecular complexity index is 552. The third-order valence-electron chi connectivity index (χ3n) is 3.67. The lowest BCUT2D eigenvalue weighted by Gasteiger charge is -2.22. The number of amides is 1. The van der Waals surface area contributed by atoms with E-state index in [4.69, 9.17) is 0 Å². The van der Waals surface area contributed by atoms with E-state index in [9.17, 15) is 9.59 Å². The zero-order valence-corrected chi connectivity index (χ0v) is 12.8. The second-order valence-electron chi connectivity index (χ2n) is 4.99. The summed E-state index contributed by atoms with van der Waals surface area (Å²) in [6.45, 7) is 0.623. The maximum absolute atomic E-state index is 12.1. The molecule has 1 fully saturated rings. The summed E-state index contributed by atoms with van der Waals surface area (Å²) in [6, 6.07) is 5.37. The van der Waals surface area contributed by atoms with Gasteiger partial charge in [-0.25, -0.2) is 0 Å². The molecule has 0 spiro atoms. The molecule has 1 aromatic carbocycles. The van der Waals surface area contributed by atoms with E-state index < -0.39 is 11.7 Å². The summed E-state index contributed by atoms with van der Waals surface area (Å²) in [6.07, 6.45) is 2.21. The van der Waals surface area contributed by atoms with Gasteiger partial charge in [-0.05, 0) is 46.3 Å². The van der Waals surface area contributed by atoms with Crippen LogP contribution in [0.4, 0.5) is 5.69 Å². The van der Waals surface area contributed by atoms with E-state index in [0.29, 0.717) is 12.1 Å². The molecule has 0 atom stereocenters. The summed E-state index contributed by atoms with van der Waals surface area (Å²) in [7, 11) is 0. The molecule has 3 nitrogen and oxygen atoms in total. The first-order chi connectivity index (χ1) is 8.58. The van der Waals surface area contributed by atoms with Crippen molar-refractivity contribution in [3.05, 3.63) is 28.2 Å². The van der Waals surface area contributed by atoms with Crippen LogP contribution >= 0.6 is 31.9 Å². The molecule has 18 heavy (non-hydrogen) atoms. The van der Waals surface area contributed by atoms with Gasteiger partial charge in [-0.2, -0.15) is 0 Å². The number of para-hydroxylation sites is 1. The number of nitrogens with zero attached hydrogens (tertiary/aromatic N) is 1. The number of benzene rings is 1. The average molecular weight is 373 g/mol. The van der Waals surface area contributed by atoms with Crippen molar-refractivity contribution in [2.75, 3.05) is 16.8 Å². The fraction of sp³-hybridized carbons (Fsp3) is 0.385. The number of Topliss-reactive ketones (excluding diaryl/α,β-unsaturated/α-hetero) is 1. The number of alkyl halides is 1. The minimum atomic E-state index is -0.399. The SMILES string of the molecule is O=C1C(=O)N(CC2(CBr)CC2)c2c(Br)cccc21. The first-order valence-electron chi connectivity index (χ1n) is 5.79. The maximum Gasteiger partial charge on any atom is 0.299 e. The largest absolute Gasteiger partial charge is 0.303 e. The van der Waals surface area contributed by atoms with Crippen molar-refractivity contribution >= 4 is 49.2 Å². The Morgan fingerprint density at radius 2 is 2.00 bits per heavy atom. The molecule has 3 rings (SSSR count). The molecule has 1 aromatic rings. The average Bonchev–Trinajstić information content (AvgIpc) is 3.10. The molecule has 0 radical (unpaired) electrons. The Balaban J connectivity index is 2.02. The van der Waals surface area contributed by atoms with Gasteiger partial charge in [0.1, 0.15) is 0 Å². The molecule has 1 saturated carbocycles. The number of anilines is 1. The normalized spacial score (nSPS) is 20.2. The van der Waals surface area contributed by atoms with Crippen LogP contribution in [0.3, 0.4) is 0 Å². The quantitative estimate of drug-likeness (QED) is 0.603. The van der Waals surface area contributed by atoms with Gasteiger partial charge in [0.05, 0.1) is 11.3 Å². The number of carbonyl (C=O) groups is 2. The van der Waals surface area contributed by atoms with Gasteiger partial charge >= 0.3 is 0 Å². The van der Waals surface area contributed by atoms with Gasteiger partial charge in [0.2, 0.25) is 0 Å². The zero-order valence-electron chi connectivity index (χ0n) is 9.58. The van der Waals surface area contributed by atoms with E-state index in [1.165, 1.54) is 0 Å². The molecule has 0 N–H and O–H groups in total. The number of hydrogen-bond acceptors (Lipinski definition) is 2. The number of rotatable bonds is 3. The van der Waals surface area contributed by atoms with Gasteiger partial charge in [0.25, 0.3) is 11.7 Å². The summed E-state index contributed by atoms with van der Waals surface area (Å²) >= 11 is 6.93. The Morgan fingerprint density at radius 3 is 2.61 bits per heavy atom. The highest BCUT2D eigenvalue weighted by Gasteiger charge is 2.47. The van der Waals surface area contributed by atoms with Gasteiger partial charge in [0, 0.05) is 16.3 Å². The molecule has 5 heteroatoms. The van der Waals surface area contributed by atoms with Crippen molar-refractivity contribution in [2.45, 2.75) is 12.8 Å². The molecule has 94 valence electrons. The van der Waals surface area contributed by atoms with Crippen LogP contribution in [0.5, 0.6) is 0 Å². The van der Waals surface area contributed by atoms with E-state index in [-0.39, 0.29) is 5.41 Å². The molecule has 1 aliphatic heterocycles. The minimum absolute atomic E-state index is 0.160. The van der Waals surface area contributed by atoms with Crippen LogP contribution in [0.15, 0.2) is 22.7 Å². The van der Waals surface area contributed by atoms with E-state index in [0.717, 1.165) is 28.3 Å². The standard InChI is InChI=1S/C13H11Br2NO2/c14-6-13(4-5-13)7-16-10-8(11(17)12(16)18)2-1-3-9(10)15/h1-3H,4-7H2. The number of carbonyl (C=O) groups excluding carboxylic acids is 2. The molecule has 0 aromatic heterocycles. The first-order valence-corrected chi connectivity index (χ1v) is 7.70. The maximum atomic E-state index is 12.1. The number of fused-ring (bicyclic) bond motifs is 1. The topological polar surface area (TPSA) is 37.4 Å². The molecule has 0 saturated heterocycles. The van der Waals surface area contributed by atoms with Crippen LogP contribution in [0.2, 0.25) is 0 Å². The third kappa shape index (κ3) is 1.75.